The number of amides is 1. The Labute approximate surface area is 103 Å². The molecule has 0 radical (unpaired) electrons. The Hall–Kier alpha value is -1.51. The lowest BCUT2D eigenvalue weighted by Gasteiger charge is -2.19. The van der Waals surface area contributed by atoms with Crippen LogP contribution in [0.5, 0.6) is 0 Å². The first-order valence-electron chi connectivity index (χ1n) is 6.25. The summed E-state index contributed by atoms with van der Waals surface area (Å²) < 4.78 is 0. The molecule has 0 bridgehead atoms. The summed E-state index contributed by atoms with van der Waals surface area (Å²) in [4.78, 5) is 14.1. The molecule has 1 aliphatic rings. The van der Waals surface area contributed by atoms with E-state index in [0.29, 0.717) is 0 Å². The number of carbonyl (C=O) groups excluding carboxylic acids is 1. The summed E-state index contributed by atoms with van der Waals surface area (Å²) >= 11 is 0. The van der Waals surface area contributed by atoms with E-state index in [1.165, 1.54) is 12.8 Å². The van der Waals surface area contributed by atoms with Crippen molar-refractivity contribution >= 4 is 17.3 Å². The largest absolute Gasteiger partial charge is 0.376 e. The van der Waals surface area contributed by atoms with Crippen LogP contribution in [0.1, 0.15) is 25.7 Å². The molecule has 0 atom stereocenters. The second-order valence-electron chi connectivity index (χ2n) is 4.88. The molecule has 1 N–H and O–H groups in total. The van der Waals surface area contributed by atoms with Gasteiger partial charge in [0.15, 0.2) is 0 Å². The lowest BCUT2D eigenvalue weighted by molar-refractivity contribution is -0.119. The minimum Gasteiger partial charge on any atom is -0.376 e. The monoisotopic (exact) mass is 232 g/mol. The van der Waals surface area contributed by atoms with Crippen LogP contribution in [-0.2, 0) is 4.79 Å². The molecule has 92 valence electrons. The van der Waals surface area contributed by atoms with E-state index >= 15 is 0 Å². The van der Waals surface area contributed by atoms with Crippen LogP contribution in [0.3, 0.4) is 0 Å². The van der Waals surface area contributed by atoms with Crippen LogP contribution in [0, 0.1) is 5.92 Å². The van der Waals surface area contributed by atoms with Gasteiger partial charge in [0.2, 0.25) is 5.91 Å². The van der Waals surface area contributed by atoms with Gasteiger partial charge in [-0.15, -0.1) is 0 Å². The molecule has 0 heterocycles. The van der Waals surface area contributed by atoms with Gasteiger partial charge in [-0.25, -0.2) is 0 Å². The van der Waals surface area contributed by atoms with Crippen molar-refractivity contribution in [2.24, 2.45) is 5.92 Å². The van der Waals surface area contributed by atoms with Crippen LogP contribution < -0.4 is 10.2 Å². The van der Waals surface area contributed by atoms with Crippen molar-refractivity contribution in [1.29, 1.82) is 0 Å². The molecule has 3 nitrogen and oxygen atoms in total. The number of para-hydroxylation sites is 2. The molecule has 0 aliphatic heterocycles. The van der Waals surface area contributed by atoms with Crippen molar-refractivity contribution in [3.05, 3.63) is 24.3 Å². The Morgan fingerprint density at radius 3 is 2.53 bits per heavy atom. The van der Waals surface area contributed by atoms with E-state index in [2.05, 4.69) is 5.32 Å². The number of hydrogen-bond acceptors (Lipinski definition) is 2. The van der Waals surface area contributed by atoms with E-state index in [1.54, 1.807) is 0 Å². The van der Waals surface area contributed by atoms with Crippen molar-refractivity contribution in [2.45, 2.75) is 25.7 Å². The number of benzene rings is 1. The maximum atomic E-state index is 12.1. The Balaban J connectivity index is 2.09. The second kappa shape index (κ2) is 5.21. The van der Waals surface area contributed by atoms with Crippen LogP contribution in [0.15, 0.2) is 24.3 Å². The van der Waals surface area contributed by atoms with E-state index in [1.807, 2.05) is 43.3 Å². The lowest BCUT2D eigenvalue weighted by Crippen LogP contribution is -2.22. The van der Waals surface area contributed by atoms with E-state index in [9.17, 15) is 4.79 Å². The highest BCUT2D eigenvalue weighted by Gasteiger charge is 2.23. The Morgan fingerprint density at radius 1 is 1.24 bits per heavy atom. The van der Waals surface area contributed by atoms with Gasteiger partial charge in [-0.3, -0.25) is 4.79 Å². The van der Waals surface area contributed by atoms with E-state index in [-0.39, 0.29) is 11.8 Å². The van der Waals surface area contributed by atoms with Gasteiger partial charge < -0.3 is 10.2 Å². The Bertz CT molecular complexity index is 395. The minimum absolute atomic E-state index is 0.178. The topological polar surface area (TPSA) is 32.3 Å². The highest BCUT2D eigenvalue weighted by Crippen LogP contribution is 2.28. The number of nitrogens with zero attached hydrogens (tertiary/aromatic N) is 1. The summed E-state index contributed by atoms with van der Waals surface area (Å²) in [5.74, 6) is 0.391. The van der Waals surface area contributed by atoms with Gasteiger partial charge in [0.1, 0.15) is 0 Å². The fourth-order valence-corrected chi connectivity index (χ4v) is 2.39. The van der Waals surface area contributed by atoms with E-state index in [0.717, 1.165) is 24.2 Å². The zero-order valence-corrected chi connectivity index (χ0v) is 10.6. The van der Waals surface area contributed by atoms with Crippen LogP contribution in [0.4, 0.5) is 11.4 Å². The molecule has 0 spiro atoms. The minimum atomic E-state index is 0.178. The summed E-state index contributed by atoms with van der Waals surface area (Å²) in [6, 6.07) is 7.92. The van der Waals surface area contributed by atoms with Crippen molar-refractivity contribution < 1.29 is 4.79 Å². The third-order valence-electron chi connectivity index (χ3n) is 3.37. The molecule has 0 aromatic heterocycles. The summed E-state index contributed by atoms with van der Waals surface area (Å²) in [5, 5.41) is 3.05. The molecule has 0 saturated heterocycles. The first kappa shape index (κ1) is 12.0. The lowest BCUT2D eigenvalue weighted by atomic mass is 10.1. The maximum Gasteiger partial charge on any atom is 0.227 e. The SMILES string of the molecule is CN(C)c1ccccc1NC(=O)C1CCCC1. The van der Waals surface area contributed by atoms with Crippen molar-refractivity contribution in [3.8, 4) is 0 Å². The van der Waals surface area contributed by atoms with Crippen LogP contribution in [0.2, 0.25) is 0 Å². The molecular formula is C14H20N2O. The summed E-state index contributed by atoms with van der Waals surface area (Å²) in [5.41, 5.74) is 1.97. The number of carbonyl (C=O) groups is 1. The predicted octanol–water partition coefficient (Wildman–Crippen LogP) is 2.88. The maximum absolute atomic E-state index is 12.1. The molecule has 1 aromatic rings. The third-order valence-corrected chi connectivity index (χ3v) is 3.37. The van der Waals surface area contributed by atoms with Gasteiger partial charge in [-0.05, 0) is 25.0 Å². The molecule has 17 heavy (non-hydrogen) atoms. The third kappa shape index (κ3) is 2.78. The summed E-state index contributed by atoms with van der Waals surface area (Å²) in [7, 11) is 3.97. The standard InChI is InChI=1S/C14H20N2O/c1-16(2)13-10-6-5-9-12(13)15-14(17)11-7-3-4-8-11/h5-6,9-11H,3-4,7-8H2,1-2H3,(H,15,17). The van der Waals surface area contributed by atoms with Crippen molar-refractivity contribution in [1.82, 2.24) is 0 Å². The molecule has 2 rings (SSSR count). The van der Waals surface area contributed by atoms with Gasteiger partial charge in [-0.1, -0.05) is 25.0 Å². The molecule has 1 fully saturated rings. The van der Waals surface area contributed by atoms with Gasteiger partial charge in [0.05, 0.1) is 11.4 Å². The van der Waals surface area contributed by atoms with Gasteiger partial charge in [0.25, 0.3) is 0 Å². The summed E-state index contributed by atoms with van der Waals surface area (Å²) in [6.45, 7) is 0. The average Bonchev–Trinajstić information content (AvgIpc) is 2.83. The first-order valence-corrected chi connectivity index (χ1v) is 6.25. The molecule has 1 aliphatic carbocycles. The fraction of sp³-hybridized carbons (Fsp3) is 0.500. The van der Waals surface area contributed by atoms with Gasteiger partial charge >= 0.3 is 0 Å². The highest BCUT2D eigenvalue weighted by molar-refractivity contribution is 5.95. The average molecular weight is 232 g/mol. The Morgan fingerprint density at radius 2 is 1.88 bits per heavy atom. The second-order valence-corrected chi connectivity index (χ2v) is 4.88. The van der Waals surface area contributed by atoms with Crippen LogP contribution >= 0.6 is 0 Å². The zero-order valence-electron chi connectivity index (χ0n) is 10.6. The molecule has 1 aromatic carbocycles. The normalized spacial score (nSPS) is 15.9. The zero-order chi connectivity index (χ0) is 12.3. The molecule has 3 heteroatoms. The van der Waals surface area contributed by atoms with Gasteiger partial charge in [0, 0.05) is 20.0 Å². The molecule has 0 unspecified atom stereocenters. The number of anilines is 2. The van der Waals surface area contributed by atoms with Crippen molar-refractivity contribution in [2.75, 3.05) is 24.3 Å². The quantitative estimate of drug-likeness (QED) is 0.869. The summed E-state index contributed by atoms with van der Waals surface area (Å²) in [6.07, 6.45) is 4.45. The molecule has 1 saturated carbocycles. The molecule has 1 amide bonds. The smallest absolute Gasteiger partial charge is 0.227 e. The molecular weight excluding hydrogens is 212 g/mol. The fourth-order valence-electron chi connectivity index (χ4n) is 2.39. The van der Waals surface area contributed by atoms with Gasteiger partial charge in [-0.2, -0.15) is 0 Å². The van der Waals surface area contributed by atoms with Crippen molar-refractivity contribution in [3.63, 3.8) is 0 Å². The highest BCUT2D eigenvalue weighted by atomic mass is 16.1. The first-order chi connectivity index (χ1) is 8.18. The van der Waals surface area contributed by atoms with E-state index < -0.39 is 0 Å². The number of rotatable bonds is 3. The van der Waals surface area contributed by atoms with Crippen LogP contribution in [0.25, 0.3) is 0 Å². The van der Waals surface area contributed by atoms with E-state index in [4.69, 9.17) is 0 Å². The number of nitrogens with one attached hydrogen (secondary N) is 1. The number of hydrogen-bond donors (Lipinski definition) is 1. The van der Waals surface area contributed by atoms with Crippen LogP contribution in [-0.4, -0.2) is 20.0 Å². The predicted molar refractivity (Wildman–Crippen MR) is 71.4 cm³/mol. The Kier molecular flexibility index (Phi) is 3.67.